The van der Waals surface area contributed by atoms with Gasteiger partial charge in [0.2, 0.25) is 0 Å². The van der Waals surface area contributed by atoms with Gasteiger partial charge in [-0.15, -0.1) is 0 Å². The summed E-state index contributed by atoms with van der Waals surface area (Å²) in [6.07, 6.45) is -0.0696. The predicted molar refractivity (Wildman–Crippen MR) is 79.4 cm³/mol. The molecule has 1 heterocycles. The highest BCUT2D eigenvalue weighted by atomic mass is 32.2. The highest BCUT2D eigenvalue weighted by molar-refractivity contribution is 7.99. The summed E-state index contributed by atoms with van der Waals surface area (Å²) >= 11 is 1.54. The Bertz CT molecular complexity index is 479. The van der Waals surface area contributed by atoms with Gasteiger partial charge in [0.1, 0.15) is 5.44 Å². The van der Waals surface area contributed by atoms with Gasteiger partial charge in [-0.2, -0.15) is 0 Å². The van der Waals surface area contributed by atoms with Crippen molar-refractivity contribution < 1.29 is 9.84 Å². The van der Waals surface area contributed by atoms with Gasteiger partial charge in [-0.25, -0.2) is 0 Å². The van der Waals surface area contributed by atoms with Crippen LogP contribution >= 0.6 is 11.8 Å². The summed E-state index contributed by atoms with van der Waals surface area (Å²) in [6.45, 7) is 3.90. The summed E-state index contributed by atoms with van der Waals surface area (Å²) in [4.78, 5) is 3.97. The topological polar surface area (TPSA) is 78.2 Å². The lowest BCUT2D eigenvalue weighted by Gasteiger charge is -2.41. The number of rotatable bonds is 4. The molecule has 1 saturated heterocycles. The number of benzene rings is 1. The minimum atomic E-state index is -0.594. The fraction of sp³-hybridized carbons (Fsp3) is 0.571. The molecular formula is C14H19N3O2S. The van der Waals surface area contributed by atoms with E-state index in [0.29, 0.717) is 0 Å². The predicted octanol–water partition coefficient (Wildman–Crippen LogP) is 3.59. The normalized spacial score (nSPS) is 33.5. The number of hydrogen-bond acceptors (Lipinski definition) is 4. The van der Waals surface area contributed by atoms with E-state index >= 15 is 0 Å². The molecule has 1 aliphatic heterocycles. The van der Waals surface area contributed by atoms with Gasteiger partial charge in [-0.1, -0.05) is 48.9 Å². The quantitative estimate of drug-likeness (QED) is 0.523. The van der Waals surface area contributed by atoms with E-state index in [1.54, 1.807) is 0 Å². The molecule has 1 aliphatic rings. The molecule has 2 rings (SSSR count). The van der Waals surface area contributed by atoms with Gasteiger partial charge in [0.05, 0.1) is 18.2 Å². The molecule has 1 N–H and O–H groups in total. The van der Waals surface area contributed by atoms with Crippen LogP contribution in [0.4, 0.5) is 0 Å². The average Bonchev–Trinajstić information content (AvgIpc) is 2.47. The molecule has 0 bridgehead atoms. The first kappa shape index (κ1) is 15.2. The zero-order valence-electron chi connectivity index (χ0n) is 11.6. The molecule has 2 unspecified atom stereocenters. The Morgan fingerprint density at radius 2 is 2.10 bits per heavy atom. The lowest BCUT2D eigenvalue weighted by Crippen LogP contribution is -2.50. The first-order chi connectivity index (χ1) is 9.67. The molecule has 1 fully saturated rings. The average molecular weight is 293 g/mol. The van der Waals surface area contributed by atoms with E-state index in [1.165, 1.54) is 11.8 Å². The number of azide groups is 1. The molecule has 20 heavy (non-hydrogen) atoms. The third kappa shape index (κ3) is 3.27. The van der Waals surface area contributed by atoms with E-state index in [9.17, 15) is 5.11 Å². The molecule has 0 radical (unpaired) electrons. The van der Waals surface area contributed by atoms with Gasteiger partial charge in [-0.3, -0.25) is 0 Å². The summed E-state index contributed by atoms with van der Waals surface area (Å²) in [7, 11) is 0. The summed E-state index contributed by atoms with van der Waals surface area (Å²) < 4.78 is 5.94. The SMILES string of the molecule is CCC1O[C@@H](Sc2ccccc2)[C@H](N=[N+]=[N-])C(C)[C@H]1O. The molecule has 0 aromatic heterocycles. The molecule has 5 nitrogen and oxygen atoms in total. The number of thioether (sulfide) groups is 1. The Hall–Kier alpha value is -1.20. The first-order valence-electron chi connectivity index (χ1n) is 6.76. The zero-order chi connectivity index (χ0) is 14.5. The lowest BCUT2D eigenvalue weighted by atomic mass is 9.89. The largest absolute Gasteiger partial charge is 0.390 e. The highest BCUT2D eigenvalue weighted by Crippen LogP contribution is 2.38. The van der Waals surface area contributed by atoms with Crippen molar-refractivity contribution in [2.45, 2.75) is 48.8 Å². The number of aliphatic hydroxyl groups excluding tert-OH is 1. The number of hydrogen-bond donors (Lipinski definition) is 1. The molecule has 1 aromatic rings. The van der Waals surface area contributed by atoms with Crippen molar-refractivity contribution >= 4 is 11.8 Å². The molecule has 6 heteroatoms. The zero-order valence-corrected chi connectivity index (χ0v) is 12.4. The fourth-order valence-electron chi connectivity index (χ4n) is 2.41. The maximum Gasteiger partial charge on any atom is 0.117 e. The molecule has 108 valence electrons. The number of ether oxygens (including phenoxy) is 1. The molecule has 0 spiro atoms. The van der Waals surface area contributed by atoms with Crippen LogP contribution in [0.25, 0.3) is 10.4 Å². The van der Waals surface area contributed by atoms with E-state index in [0.717, 1.165) is 11.3 Å². The van der Waals surface area contributed by atoms with Crippen molar-refractivity contribution in [1.29, 1.82) is 0 Å². The molecule has 1 aromatic carbocycles. The monoisotopic (exact) mass is 293 g/mol. The van der Waals surface area contributed by atoms with Crippen LogP contribution in [-0.4, -0.2) is 28.8 Å². The van der Waals surface area contributed by atoms with Crippen molar-refractivity contribution in [1.82, 2.24) is 0 Å². The summed E-state index contributed by atoms with van der Waals surface area (Å²) in [5.41, 5.74) is 8.47. The second kappa shape index (κ2) is 6.99. The van der Waals surface area contributed by atoms with E-state index < -0.39 is 6.10 Å². The molecule has 0 saturated carbocycles. The standard InChI is InChI=1S/C14H19N3O2S/c1-3-11-13(18)9(2)12(16-17-15)14(19-11)20-10-7-5-4-6-8-10/h4-9,11-14,18H,3H2,1-2H3/t9?,11?,12-,13-,14+/m1/s1. The van der Waals surface area contributed by atoms with E-state index in [-0.39, 0.29) is 23.5 Å². The van der Waals surface area contributed by atoms with E-state index in [1.807, 2.05) is 44.2 Å². The second-order valence-corrected chi connectivity index (χ2v) is 6.10. The Labute approximate surface area is 123 Å². The van der Waals surface area contributed by atoms with Gasteiger partial charge in [0.15, 0.2) is 0 Å². The Morgan fingerprint density at radius 3 is 2.70 bits per heavy atom. The van der Waals surface area contributed by atoms with Gasteiger partial charge in [-0.05, 0) is 30.0 Å². The van der Waals surface area contributed by atoms with Gasteiger partial charge in [0, 0.05) is 9.81 Å². The number of nitrogens with zero attached hydrogens (tertiary/aromatic N) is 3. The van der Waals surface area contributed by atoms with Crippen LogP contribution < -0.4 is 0 Å². The number of aliphatic hydroxyl groups is 1. The van der Waals surface area contributed by atoms with Crippen molar-refractivity contribution in [2.24, 2.45) is 11.0 Å². The smallest absolute Gasteiger partial charge is 0.117 e. The summed E-state index contributed by atoms with van der Waals surface area (Å²) in [5, 5.41) is 14.0. The Morgan fingerprint density at radius 1 is 1.40 bits per heavy atom. The van der Waals surface area contributed by atoms with E-state index in [4.69, 9.17) is 10.3 Å². The van der Waals surface area contributed by atoms with Gasteiger partial charge >= 0.3 is 0 Å². The van der Waals surface area contributed by atoms with Crippen LogP contribution in [0.15, 0.2) is 40.3 Å². The van der Waals surface area contributed by atoms with Crippen molar-refractivity contribution in [3.05, 3.63) is 40.8 Å². The van der Waals surface area contributed by atoms with Crippen LogP contribution in [0.5, 0.6) is 0 Å². The van der Waals surface area contributed by atoms with Crippen LogP contribution in [0, 0.1) is 5.92 Å². The minimum Gasteiger partial charge on any atom is -0.390 e. The van der Waals surface area contributed by atoms with Gasteiger partial charge in [0.25, 0.3) is 0 Å². The van der Waals surface area contributed by atoms with Crippen LogP contribution in [-0.2, 0) is 4.74 Å². The van der Waals surface area contributed by atoms with Crippen molar-refractivity contribution in [3.63, 3.8) is 0 Å². The molecule has 0 aliphatic carbocycles. The van der Waals surface area contributed by atoms with Crippen LogP contribution in [0.3, 0.4) is 0 Å². The second-order valence-electron chi connectivity index (χ2n) is 4.93. The molecular weight excluding hydrogens is 274 g/mol. The first-order valence-corrected chi connectivity index (χ1v) is 7.64. The van der Waals surface area contributed by atoms with Crippen molar-refractivity contribution in [2.75, 3.05) is 0 Å². The minimum absolute atomic E-state index is 0.120. The van der Waals surface area contributed by atoms with Crippen molar-refractivity contribution in [3.8, 4) is 0 Å². The fourth-order valence-corrected chi connectivity index (χ4v) is 3.63. The Kier molecular flexibility index (Phi) is 5.31. The molecule has 5 atom stereocenters. The van der Waals surface area contributed by atoms with Crippen LogP contribution in [0.1, 0.15) is 20.3 Å². The van der Waals surface area contributed by atoms with Crippen LogP contribution in [0.2, 0.25) is 0 Å². The summed E-state index contributed by atoms with van der Waals surface area (Å²) in [5.74, 6) is -0.120. The van der Waals surface area contributed by atoms with E-state index in [2.05, 4.69) is 10.0 Å². The third-order valence-electron chi connectivity index (χ3n) is 3.63. The highest BCUT2D eigenvalue weighted by Gasteiger charge is 2.42. The summed E-state index contributed by atoms with van der Waals surface area (Å²) in [6, 6.07) is 9.50. The third-order valence-corrected chi connectivity index (χ3v) is 4.80. The maximum absolute atomic E-state index is 10.2. The lowest BCUT2D eigenvalue weighted by molar-refractivity contribution is -0.122. The molecule has 0 amide bonds. The Balaban J connectivity index is 2.20. The van der Waals surface area contributed by atoms with Gasteiger partial charge < -0.3 is 9.84 Å². The maximum atomic E-state index is 10.2.